The molecule has 1 fully saturated rings. The van der Waals surface area contributed by atoms with Crippen molar-refractivity contribution < 1.29 is 28.5 Å². The molecule has 0 radical (unpaired) electrons. The van der Waals surface area contributed by atoms with E-state index < -0.39 is 5.60 Å². The lowest BCUT2D eigenvalue weighted by Crippen LogP contribution is -2.42. The molecule has 0 saturated heterocycles. The summed E-state index contributed by atoms with van der Waals surface area (Å²) in [7, 11) is 0. The third kappa shape index (κ3) is 6.29. The fourth-order valence-electron chi connectivity index (χ4n) is 5.45. The van der Waals surface area contributed by atoms with Crippen molar-refractivity contribution in [3.8, 4) is 23.3 Å². The van der Waals surface area contributed by atoms with E-state index in [-0.39, 0.29) is 24.6 Å². The number of carbonyl (C=O) groups excluding carboxylic acids is 2. The second-order valence-corrected chi connectivity index (χ2v) is 11.2. The summed E-state index contributed by atoms with van der Waals surface area (Å²) < 4.78 is 24.5. The molecule has 3 aromatic rings. The Balaban J connectivity index is 1.33. The maximum Gasteiger partial charge on any atom is 0.308 e. The Labute approximate surface area is 240 Å². The molecule has 1 amide bonds. The van der Waals surface area contributed by atoms with E-state index in [2.05, 4.69) is 15.3 Å². The summed E-state index contributed by atoms with van der Waals surface area (Å²) in [5, 5.41) is 2.91. The molecule has 216 valence electrons. The van der Waals surface area contributed by atoms with Crippen LogP contribution in [-0.2, 0) is 11.2 Å². The molecule has 1 aliphatic heterocycles. The molecule has 9 nitrogen and oxygen atoms in total. The summed E-state index contributed by atoms with van der Waals surface area (Å²) in [6.45, 7) is 9.61. The lowest BCUT2D eigenvalue weighted by molar-refractivity contribution is -0.132. The van der Waals surface area contributed by atoms with Gasteiger partial charge in [0.2, 0.25) is 11.8 Å². The first-order chi connectivity index (χ1) is 19.6. The molecular weight excluding hydrogens is 522 g/mol. The fraction of sp³-hybridized carbons (Fsp3) is 0.438. The Morgan fingerprint density at radius 3 is 2.59 bits per heavy atom. The average molecular weight is 560 g/mol. The van der Waals surface area contributed by atoms with E-state index in [9.17, 15) is 9.59 Å². The van der Waals surface area contributed by atoms with E-state index >= 15 is 0 Å². The molecule has 1 saturated carbocycles. The number of amides is 1. The monoisotopic (exact) mass is 559 g/mol. The van der Waals surface area contributed by atoms with Gasteiger partial charge in [0, 0.05) is 30.9 Å². The van der Waals surface area contributed by atoms with Crippen LogP contribution in [0.25, 0.3) is 0 Å². The lowest BCUT2D eigenvalue weighted by Gasteiger charge is -2.37. The van der Waals surface area contributed by atoms with Crippen LogP contribution in [0.5, 0.6) is 23.3 Å². The van der Waals surface area contributed by atoms with Gasteiger partial charge >= 0.3 is 5.97 Å². The highest BCUT2D eigenvalue weighted by molar-refractivity contribution is 6.04. The predicted molar refractivity (Wildman–Crippen MR) is 154 cm³/mol. The third-order valence-corrected chi connectivity index (χ3v) is 7.92. The van der Waals surface area contributed by atoms with E-state index in [0.29, 0.717) is 35.2 Å². The molecule has 1 aliphatic carbocycles. The maximum absolute atomic E-state index is 12.8. The van der Waals surface area contributed by atoms with Gasteiger partial charge in [-0.2, -0.15) is 4.98 Å². The minimum atomic E-state index is -0.596. The number of anilines is 1. The number of rotatable bonds is 8. The number of aromatic nitrogens is 2. The van der Waals surface area contributed by atoms with Gasteiger partial charge in [0.1, 0.15) is 35.5 Å². The van der Waals surface area contributed by atoms with E-state index in [4.69, 9.17) is 18.9 Å². The van der Waals surface area contributed by atoms with Gasteiger partial charge in [-0.05, 0) is 101 Å². The molecule has 1 unspecified atom stereocenters. The van der Waals surface area contributed by atoms with E-state index in [0.717, 1.165) is 60.1 Å². The van der Waals surface area contributed by atoms with Gasteiger partial charge in [0.05, 0.1) is 5.56 Å². The van der Waals surface area contributed by atoms with Crippen molar-refractivity contribution in [3.05, 3.63) is 64.5 Å². The van der Waals surface area contributed by atoms with Crippen LogP contribution in [0.15, 0.2) is 36.7 Å². The van der Waals surface area contributed by atoms with Crippen LogP contribution < -0.4 is 24.3 Å². The smallest absolute Gasteiger partial charge is 0.308 e. The summed E-state index contributed by atoms with van der Waals surface area (Å²) in [5.74, 6) is 1.54. The van der Waals surface area contributed by atoms with Crippen LogP contribution in [0, 0.1) is 20.8 Å². The van der Waals surface area contributed by atoms with Gasteiger partial charge in [0.25, 0.3) is 5.91 Å². The van der Waals surface area contributed by atoms with Crippen LogP contribution >= 0.6 is 0 Å². The van der Waals surface area contributed by atoms with Crippen LogP contribution in [-0.4, -0.2) is 40.2 Å². The minimum Gasteiger partial charge on any atom is -0.483 e. The van der Waals surface area contributed by atoms with Crippen LogP contribution in [0.3, 0.4) is 0 Å². The number of nitrogens with zero attached hydrogens (tertiary/aromatic N) is 2. The molecule has 9 heteroatoms. The molecular formula is C32H37N3O6. The van der Waals surface area contributed by atoms with Crippen LogP contribution in [0.1, 0.15) is 78.6 Å². The standard InChI is InChI=1S/C32H37N3O6/c1-19-20(2)29-25(21(3)28(19)39-22(4)36)14-15-32(5,41-29)18-38-27-13-12-26(31(35-27)40-24-10-6-7-11-24)34-30(37)23-9-8-16-33-17-23/h8-9,12-13,16-17,24H,6-7,10-11,14-15,18H2,1-5H3,(H,34,37). The zero-order valence-electron chi connectivity index (χ0n) is 24.3. The number of hydrogen-bond acceptors (Lipinski definition) is 8. The fourth-order valence-corrected chi connectivity index (χ4v) is 5.45. The number of pyridine rings is 2. The van der Waals surface area contributed by atoms with Crippen molar-refractivity contribution in [2.24, 2.45) is 0 Å². The molecule has 0 spiro atoms. The van der Waals surface area contributed by atoms with Crippen molar-refractivity contribution in [1.29, 1.82) is 0 Å². The number of esters is 1. The molecule has 2 aliphatic rings. The van der Waals surface area contributed by atoms with Gasteiger partial charge in [-0.15, -0.1) is 0 Å². The molecule has 0 bridgehead atoms. The van der Waals surface area contributed by atoms with Crippen molar-refractivity contribution in [2.45, 2.75) is 84.8 Å². The first-order valence-corrected chi connectivity index (χ1v) is 14.2. The molecule has 2 aromatic heterocycles. The second kappa shape index (κ2) is 11.8. The molecule has 41 heavy (non-hydrogen) atoms. The van der Waals surface area contributed by atoms with Gasteiger partial charge in [-0.1, -0.05) is 0 Å². The quantitative estimate of drug-likeness (QED) is 0.262. The normalized spacial score (nSPS) is 18.3. The number of hydrogen-bond donors (Lipinski definition) is 1. The highest BCUT2D eigenvalue weighted by Crippen LogP contribution is 2.44. The van der Waals surface area contributed by atoms with Gasteiger partial charge < -0.3 is 24.3 Å². The largest absolute Gasteiger partial charge is 0.483 e. The Bertz CT molecular complexity index is 1450. The topological polar surface area (TPSA) is 109 Å². The van der Waals surface area contributed by atoms with E-state index in [1.54, 1.807) is 30.5 Å². The number of carbonyl (C=O) groups is 2. The van der Waals surface area contributed by atoms with Crippen molar-refractivity contribution in [3.63, 3.8) is 0 Å². The van der Waals surface area contributed by atoms with E-state index in [1.165, 1.54) is 13.1 Å². The van der Waals surface area contributed by atoms with Crippen LogP contribution in [0.2, 0.25) is 0 Å². The third-order valence-electron chi connectivity index (χ3n) is 7.92. The SMILES string of the molecule is CC(=O)Oc1c(C)c(C)c2c(c1C)CCC(C)(COc1ccc(NC(=O)c3cccnc3)c(OC3CCCC3)n1)O2. The summed E-state index contributed by atoms with van der Waals surface area (Å²) in [6.07, 6.45) is 8.78. The predicted octanol–water partition coefficient (Wildman–Crippen LogP) is 6.06. The summed E-state index contributed by atoms with van der Waals surface area (Å²) >= 11 is 0. The average Bonchev–Trinajstić information content (AvgIpc) is 3.48. The number of ether oxygens (including phenoxy) is 4. The second-order valence-electron chi connectivity index (χ2n) is 11.2. The highest BCUT2D eigenvalue weighted by atomic mass is 16.6. The van der Waals surface area contributed by atoms with Gasteiger partial charge in [-0.3, -0.25) is 14.6 Å². The molecule has 3 heterocycles. The van der Waals surface area contributed by atoms with Crippen LogP contribution in [0.4, 0.5) is 5.69 Å². The highest BCUT2D eigenvalue weighted by Gasteiger charge is 2.36. The lowest BCUT2D eigenvalue weighted by atomic mass is 9.87. The van der Waals surface area contributed by atoms with E-state index in [1.807, 2.05) is 27.7 Å². The number of nitrogens with one attached hydrogen (secondary N) is 1. The zero-order chi connectivity index (χ0) is 29.1. The van der Waals surface area contributed by atoms with Gasteiger partial charge in [0.15, 0.2) is 0 Å². The maximum atomic E-state index is 12.8. The summed E-state index contributed by atoms with van der Waals surface area (Å²) in [6, 6.07) is 6.91. The first kappa shape index (κ1) is 28.4. The Morgan fingerprint density at radius 1 is 1.10 bits per heavy atom. The molecule has 1 aromatic carbocycles. The Morgan fingerprint density at radius 2 is 1.88 bits per heavy atom. The molecule has 1 N–H and O–H groups in total. The Kier molecular flexibility index (Phi) is 8.15. The first-order valence-electron chi connectivity index (χ1n) is 14.2. The van der Waals surface area contributed by atoms with Crippen molar-refractivity contribution in [2.75, 3.05) is 11.9 Å². The van der Waals surface area contributed by atoms with Crippen molar-refractivity contribution in [1.82, 2.24) is 9.97 Å². The summed E-state index contributed by atoms with van der Waals surface area (Å²) in [4.78, 5) is 33.2. The van der Waals surface area contributed by atoms with Gasteiger partial charge in [-0.25, -0.2) is 0 Å². The number of fused-ring (bicyclic) bond motifs is 1. The zero-order valence-corrected chi connectivity index (χ0v) is 24.3. The molecule has 1 atom stereocenters. The Hall–Kier alpha value is -4.14. The molecule has 5 rings (SSSR count). The van der Waals surface area contributed by atoms with Crippen molar-refractivity contribution >= 4 is 17.6 Å². The summed E-state index contributed by atoms with van der Waals surface area (Å²) in [5.41, 5.74) is 4.16. The number of benzene rings is 1. The minimum absolute atomic E-state index is 0.0498.